The monoisotopic (exact) mass is 200 g/mol. The Labute approximate surface area is 68.8 Å². The Balaban J connectivity index is 3.03. The number of aliphatic hydroxyl groups excluding tert-OH is 1. The van der Waals surface area contributed by atoms with E-state index in [9.17, 15) is 5.11 Å². The summed E-state index contributed by atoms with van der Waals surface area (Å²) in [5, 5.41) is 9.17. The predicted octanol–water partition coefficient (Wildman–Crippen LogP) is 2.50. The molecule has 10 heavy (non-hydrogen) atoms. The van der Waals surface area contributed by atoms with Crippen LogP contribution in [0.1, 0.15) is 18.6 Å². The van der Waals surface area contributed by atoms with Gasteiger partial charge in [0.15, 0.2) is 0 Å². The van der Waals surface area contributed by atoms with Crippen molar-refractivity contribution in [2.75, 3.05) is 0 Å². The minimum atomic E-state index is -0.393. The maximum Gasteiger partial charge on any atom is 0.0772 e. The highest BCUT2D eigenvalue weighted by atomic mass is 79.9. The zero-order chi connectivity index (χ0) is 7.56. The van der Waals surface area contributed by atoms with E-state index in [0.29, 0.717) is 0 Å². The highest BCUT2D eigenvalue weighted by molar-refractivity contribution is 9.10. The van der Waals surface area contributed by atoms with Crippen LogP contribution in [0.25, 0.3) is 0 Å². The largest absolute Gasteiger partial charge is 0.389 e. The van der Waals surface area contributed by atoms with Crippen LogP contribution in [0.4, 0.5) is 0 Å². The van der Waals surface area contributed by atoms with Crippen molar-refractivity contribution in [2.45, 2.75) is 13.0 Å². The van der Waals surface area contributed by atoms with E-state index >= 15 is 0 Å². The van der Waals surface area contributed by atoms with Gasteiger partial charge in [-0.05, 0) is 18.6 Å². The standard InChI is InChI=1S/C8H9BrO/c1-6(10)7-4-2-3-5-8(7)9/h2-6,10H,1H3/t6-/m0/s1. The van der Waals surface area contributed by atoms with Crippen molar-refractivity contribution in [1.29, 1.82) is 0 Å². The van der Waals surface area contributed by atoms with Gasteiger partial charge in [0, 0.05) is 4.47 Å². The molecule has 1 aromatic rings. The fraction of sp³-hybridized carbons (Fsp3) is 0.250. The SMILES string of the molecule is C[C@H](O)c1ccccc1Br. The first-order valence-electron chi connectivity index (χ1n) is 3.14. The van der Waals surface area contributed by atoms with Gasteiger partial charge < -0.3 is 5.11 Å². The maximum atomic E-state index is 9.17. The molecule has 0 aliphatic carbocycles. The Morgan fingerprint density at radius 3 is 2.40 bits per heavy atom. The molecule has 1 atom stereocenters. The summed E-state index contributed by atoms with van der Waals surface area (Å²) in [6, 6.07) is 7.65. The van der Waals surface area contributed by atoms with E-state index in [2.05, 4.69) is 15.9 Å². The molecule has 0 radical (unpaired) electrons. The van der Waals surface area contributed by atoms with Gasteiger partial charge in [-0.1, -0.05) is 34.1 Å². The number of benzene rings is 1. The highest BCUT2D eigenvalue weighted by Crippen LogP contribution is 2.21. The highest BCUT2D eigenvalue weighted by Gasteiger charge is 2.02. The van der Waals surface area contributed by atoms with E-state index in [-0.39, 0.29) is 0 Å². The quantitative estimate of drug-likeness (QED) is 0.739. The zero-order valence-electron chi connectivity index (χ0n) is 5.71. The normalized spacial score (nSPS) is 13.1. The number of aliphatic hydroxyl groups is 1. The Kier molecular flexibility index (Phi) is 2.46. The summed E-state index contributed by atoms with van der Waals surface area (Å²) in [5.74, 6) is 0. The maximum absolute atomic E-state index is 9.17. The summed E-state index contributed by atoms with van der Waals surface area (Å²) in [4.78, 5) is 0. The zero-order valence-corrected chi connectivity index (χ0v) is 7.30. The average molecular weight is 201 g/mol. The van der Waals surface area contributed by atoms with E-state index in [1.54, 1.807) is 6.92 Å². The lowest BCUT2D eigenvalue weighted by atomic mass is 10.1. The third kappa shape index (κ3) is 1.58. The molecule has 0 fully saturated rings. The van der Waals surface area contributed by atoms with E-state index in [4.69, 9.17) is 0 Å². The smallest absolute Gasteiger partial charge is 0.0772 e. The van der Waals surface area contributed by atoms with Crippen LogP contribution in [0, 0.1) is 0 Å². The fourth-order valence-corrected chi connectivity index (χ4v) is 1.43. The van der Waals surface area contributed by atoms with Gasteiger partial charge in [-0.25, -0.2) is 0 Å². The molecule has 2 heteroatoms. The minimum absolute atomic E-state index is 0.393. The first kappa shape index (κ1) is 7.76. The van der Waals surface area contributed by atoms with Crippen LogP contribution >= 0.6 is 15.9 Å². The van der Waals surface area contributed by atoms with Crippen LogP contribution in [0.15, 0.2) is 28.7 Å². The number of hydrogen-bond donors (Lipinski definition) is 1. The Hall–Kier alpha value is -0.340. The lowest BCUT2D eigenvalue weighted by Gasteiger charge is -2.05. The number of hydrogen-bond acceptors (Lipinski definition) is 1. The fourth-order valence-electron chi connectivity index (χ4n) is 0.814. The predicted molar refractivity (Wildman–Crippen MR) is 44.8 cm³/mol. The topological polar surface area (TPSA) is 20.2 Å². The van der Waals surface area contributed by atoms with Gasteiger partial charge >= 0.3 is 0 Å². The van der Waals surface area contributed by atoms with Gasteiger partial charge in [-0.3, -0.25) is 0 Å². The molecule has 0 amide bonds. The molecule has 1 N–H and O–H groups in total. The van der Waals surface area contributed by atoms with E-state index in [1.165, 1.54) is 0 Å². The van der Waals surface area contributed by atoms with Crippen molar-refractivity contribution in [3.63, 3.8) is 0 Å². The van der Waals surface area contributed by atoms with Gasteiger partial charge in [0.2, 0.25) is 0 Å². The van der Waals surface area contributed by atoms with E-state index < -0.39 is 6.10 Å². The Bertz CT molecular complexity index is 220. The lowest BCUT2D eigenvalue weighted by Crippen LogP contribution is -1.90. The van der Waals surface area contributed by atoms with Crippen molar-refractivity contribution in [3.05, 3.63) is 34.3 Å². The second kappa shape index (κ2) is 3.17. The Morgan fingerprint density at radius 1 is 1.40 bits per heavy atom. The number of rotatable bonds is 1. The molecule has 0 bridgehead atoms. The molecule has 54 valence electrons. The molecule has 0 saturated carbocycles. The van der Waals surface area contributed by atoms with Crippen LogP contribution < -0.4 is 0 Å². The first-order valence-corrected chi connectivity index (χ1v) is 3.93. The second-order valence-electron chi connectivity index (χ2n) is 2.20. The van der Waals surface area contributed by atoms with Gasteiger partial charge in [-0.15, -0.1) is 0 Å². The second-order valence-corrected chi connectivity index (χ2v) is 3.05. The van der Waals surface area contributed by atoms with Crippen molar-refractivity contribution in [3.8, 4) is 0 Å². The summed E-state index contributed by atoms with van der Waals surface area (Å²) < 4.78 is 0.963. The summed E-state index contributed by atoms with van der Waals surface area (Å²) in [7, 11) is 0. The third-order valence-electron chi connectivity index (χ3n) is 1.36. The molecule has 0 heterocycles. The molecule has 0 spiro atoms. The summed E-state index contributed by atoms with van der Waals surface area (Å²) in [5.41, 5.74) is 0.933. The molecule has 0 aliphatic rings. The third-order valence-corrected chi connectivity index (χ3v) is 2.08. The van der Waals surface area contributed by atoms with Crippen LogP contribution in [-0.4, -0.2) is 5.11 Å². The van der Waals surface area contributed by atoms with Crippen molar-refractivity contribution < 1.29 is 5.11 Å². The molecule has 0 aromatic heterocycles. The van der Waals surface area contributed by atoms with Crippen molar-refractivity contribution in [2.24, 2.45) is 0 Å². The average Bonchev–Trinajstić information content (AvgIpc) is 1.88. The van der Waals surface area contributed by atoms with Crippen LogP contribution in [0.3, 0.4) is 0 Å². The first-order chi connectivity index (χ1) is 4.72. The van der Waals surface area contributed by atoms with Gasteiger partial charge in [-0.2, -0.15) is 0 Å². The van der Waals surface area contributed by atoms with Crippen LogP contribution in [-0.2, 0) is 0 Å². The van der Waals surface area contributed by atoms with Gasteiger partial charge in [0.05, 0.1) is 6.10 Å². The van der Waals surface area contributed by atoms with E-state index in [1.807, 2.05) is 24.3 Å². The van der Waals surface area contributed by atoms with E-state index in [0.717, 1.165) is 10.0 Å². The van der Waals surface area contributed by atoms with Crippen LogP contribution in [0.2, 0.25) is 0 Å². The molecular weight excluding hydrogens is 192 g/mol. The van der Waals surface area contributed by atoms with Gasteiger partial charge in [0.1, 0.15) is 0 Å². The molecule has 0 aliphatic heterocycles. The minimum Gasteiger partial charge on any atom is -0.389 e. The molecule has 1 rings (SSSR count). The molecular formula is C8H9BrO. The summed E-state index contributed by atoms with van der Waals surface area (Å²) in [6.07, 6.45) is -0.393. The summed E-state index contributed by atoms with van der Waals surface area (Å²) in [6.45, 7) is 1.75. The Morgan fingerprint density at radius 2 is 2.00 bits per heavy atom. The molecule has 0 saturated heterocycles. The van der Waals surface area contributed by atoms with Crippen molar-refractivity contribution in [1.82, 2.24) is 0 Å². The van der Waals surface area contributed by atoms with Crippen molar-refractivity contribution >= 4 is 15.9 Å². The van der Waals surface area contributed by atoms with Gasteiger partial charge in [0.25, 0.3) is 0 Å². The molecule has 0 unspecified atom stereocenters. The van der Waals surface area contributed by atoms with Crippen LogP contribution in [0.5, 0.6) is 0 Å². The number of halogens is 1. The lowest BCUT2D eigenvalue weighted by molar-refractivity contribution is 0.198. The molecule has 1 nitrogen and oxygen atoms in total. The molecule has 1 aromatic carbocycles. The summed E-state index contributed by atoms with van der Waals surface area (Å²) >= 11 is 3.34.